The highest BCUT2D eigenvalue weighted by Gasteiger charge is 2.30. The minimum atomic E-state index is -4.80. The number of ether oxygens (including phenoxy) is 1. The molecule has 0 unspecified atom stereocenters. The smallest absolute Gasteiger partial charge is 0.406 e. The van der Waals surface area contributed by atoms with E-state index in [1.165, 1.54) is 12.1 Å². The van der Waals surface area contributed by atoms with Crippen molar-refractivity contribution in [2.75, 3.05) is 5.73 Å². The van der Waals surface area contributed by atoms with Gasteiger partial charge >= 0.3 is 6.36 Å². The molecule has 0 radical (unpaired) electrons. The molecule has 0 aliphatic rings. The summed E-state index contributed by atoms with van der Waals surface area (Å²) in [6.45, 7) is -0.0807. The van der Waals surface area contributed by atoms with E-state index in [4.69, 9.17) is 5.73 Å². The van der Waals surface area contributed by atoms with Crippen LogP contribution in [0.15, 0.2) is 36.4 Å². The molecular weight excluding hydrogens is 335 g/mol. The molecule has 1 amide bonds. The fraction of sp³-hybridized carbons (Fsp3) is 0.133. The predicted molar refractivity (Wildman–Crippen MR) is 75.1 cm³/mol. The van der Waals surface area contributed by atoms with E-state index in [9.17, 15) is 26.7 Å². The van der Waals surface area contributed by atoms with Gasteiger partial charge in [-0.1, -0.05) is 12.1 Å². The molecule has 0 atom stereocenters. The van der Waals surface area contributed by atoms with Crippen molar-refractivity contribution in [2.45, 2.75) is 12.9 Å². The highest BCUT2D eigenvalue weighted by Crippen LogP contribution is 2.23. The standard InChI is InChI=1S/C15H11F5N2O2/c16-9-5-11(13(21)12(17)6-9)14(23)22-7-8-1-3-10(4-2-8)24-15(18,19)20/h1-6H,7,21H2,(H,22,23). The molecule has 128 valence electrons. The quantitative estimate of drug-likeness (QED) is 0.659. The molecule has 2 rings (SSSR count). The van der Waals surface area contributed by atoms with Crippen LogP contribution < -0.4 is 15.8 Å². The van der Waals surface area contributed by atoms with Gasteiger partial charge in [0.1, 0.15) is 17.4 Å². The molecule has 0 aliphatic heterocycles. The van der Waals surface area contributed by atoms with E-state index < -0.39 is 35.3 Å². The number of rotatable bonds is 4. The molecule has 3 N–H and O–H groups in total. The Morgan fingerprint density at radius 2 is 1.75 bits per heavy atom. The van der Waals surface area contributed by atoms with Gasteiger partial charge in [0.25, 0.3) is 5.91 Å². The zero-order chi connectivity index (χ0) is 17.9. The number of benzene rings is 2. The monoisotopic (exact) mass is 346 g/mol. The largest absolute Gasteiger partial charge is 0.573 e. The van der Waals surface area contributed by atoms with E-state index in [0.29, 0.717) is 11.6 Å². The van der Waals surface area contributed by atoms with Crippen LogP contribution in [0.3, 0.4) is 0 Å². The van der Waals surface area contributed by atoms with Gasteiger partial charge in [0.05, 0.1) is 11.3 Å². The first-order chi connectivity index (χ1) is 11.2. The second-order valence-corrected chi connectivity index (χ2v) is 4.72. The normalized spacial score (nSPS) is 11.2. The second-order valence-electron chi connectivity index (χ2n) is 4.72. The lowest BCUT2D eigenvalue weighted by atomic mass is 10.1. The maximum atomic E-state index is 13.3. The van der Waals surface area contributed by atoms with Crippen LogP contribution in [0.25, 0.3) is 0 Å². The van der Waals surface area contributed by atoms with Crippen LogP contribution in [0.2, 0.25) is 0 Å². The Hall–Kier alpha value is -2.84. The average Bonchev–Trinajstić information content (AvgIpc) is 2.48. The Morgan fingerprint density at radius 3 is 2.33 bits per heavy atom. The molecule has 0 heterocycles. The number of hydrogen-bond acceptors (Lipinski definition) is 3. The molecule has 2 aromatic rings. The Kier molecular flexibility index (Phi) is 4.91. The van der Waals surface area contributed by atoms with Gasteiger partial charge in [-0.2, -0.15) is 0 Å². The molecule has 0 aliphatic carbocycles. The summed E-state index contributed by atoms with van der Waals surface area (Å²) in [6, 6.07) is 6.09. The summed E-state index contributed by atoms with van der Waals surface area (Å²) in [5.41, 5.74) is 4.96. The number of carbonyl (C=O) groups excluding carboxylic acids is 1. The van der Waals surface area contributed by atoms with Crippen molar-refractivity contribution in [1.82, 2.24) is 5.32 Å². The zero-order valence-corrected chi connectivity index (χ0v) is 12.0. The summed E-state index contributed by atoms with van der Waals surface area (Å²) in [6.07, 6.45) is -4.80. The molecule has 0 saturated heterocycles. The van der Waals surface area contributed by atoms with Crippen molar-refractivity contribution in [3.05, 3.63) is 59.2 Å². The summed E-state index contributed by atoms with van der Waals surface area (Å²) < 4.78 is 66.2. The molecule has 0 fully saturated rings. The van der Waals surface area contributed by atoms with Crippen LogP contribution >= 0.6 is 0 Å². The van der Waals surface area contributed by atoms with Crippen LogP contribution in [-0.4, -0.2) is 12.3 Å². The average molecular weight is 346 g/mol. The van der Waals surface area contributed by atoms with Crippen molar-refractivity contribution in [3.63, 3.8) is 0 Å². The van der Waals surface area contributed by atoms with Gasteiger partial charge in [-0.25, -0.2) is 8.78 Å². The number of anilines is 1. The first-order valence-corrected chi connectivity index (χ1v) is 6.53. The minimum absolute atomic E-state index is 0.0807. The highest BCUT2D eigenvalue weighted by atomic mass is 19.4. The molecule has 0 bridgehead atoms. The van der Waals surface area contributed by atoms with Crippen molar-refractivity contribution < 1.29 is 31.5 Å². The predicted octanol–water partition coefficient (Wildman–Crippen LogP) is 3.38. The molecule has 24 heavy (non-hydrogen) atoms. The summed E-state index contributed by atoms with van der Waals surface area (Å²) in [7, 11) is 0. The third kappa shape index (κ3) is 4.58. The number of alkyl halides is 3. The number of carbonyl (C=O) groups is 1. The summed E-state index contributed by atoms with van der Waals surface area (Å²) in [5.74, 6) is -3.25. The molecule has 2 aromatic carbocycles. The van der Waals surface area contributed by atoms with E-state index in [1.807, 2.05) is 0 Å². The van der Waals surface area contributed by atoms with Gasteiger partial charge in [0.15, 0.2) is 0 Å². The Morgan fingerprint density at radius 1 is 1.12 bits per heavy atom. The van der Waals surface area contributed by atoms with Gasteiger partial charge in [-0.3, -0.25) is 4.79 Å². The lowest BCUT2D eigenvalue weighted by Gasteiger charge is -2.10. The van der Waals surface area contributed by atoms with Gasteiger partial charge in [0.2, 0.25) is 0 Å². The van der Waals surface area contributed by atoms with Crippen molar-refractivity contribution in [2.24, 2.45) is 0 Å². The number of nitrogens with two attached hydrogens (primary N) is 1. The van der Waals surface area contributed by atoms with Gasteiger partial charge in [-0.15, -0.1) is 13.2 Å². The van der Waals surface area contributed by atoms with E-state index in [1.54, 1.807) is 0 Å². The van der Waals surface area contributed by atoms with E-state index in [2.05, 4.69) is 10.1 Å². The van der Waals surface area contributed by atoms with Gasteiger partial charge in [0, 0.05) is 12.6 Å². The minimum Gasteiger partial charge on any atom is -0.406 e. The third-order valence-corrected chi connectivity index (χ3v) is 2.95. The molecule has 0 spiro atoms. The van der Waals surface area contributed by atoms with Crippen LogP contribution in [0.4, 0.5) is 27.6 Å². The molecular formula is C15H11F5N2O2. The Balaban J connectivity index is 2.02. The van der Waals surface area contributed by atoms with Crippen LogP contribution in [0.1, 0.15) is 15.9 Å². The summed E-state index contributed by atoms with van der Waals surface area (Å²) >= 11 is 0. The lowest BCUT2D eigenvalue weighted by Crippen LogP contribution is -2.24. The summed E-state index contributed by atoms with van der Waals surface area (Å²) in [4.78, 5) is 11.9. The van der Waals surface area contributed by atoms with Crippen LogP contribution in [-0.2, 0) is 6.54 Å². The molecule has 9 heteroatoms. The first kappa shape index (κ1) is 17.5. The number of nitrogens with one attached hydrogen (secondary N) is 1. The number of halogens is 5. The van der Waals surface area contributed by atoms with Crippen LogP contribution in [0.5, 0.6) is 5.75 Å². The maximum absolute atomic E-state index is 13.3. The molecule has 0 aromatic heterocycles. The van der Waals surface area contributed by atoms with E-state index in [0.717, 1.165) is 18.2 Å². The fourth-order valence-electron chi connectivity index (χ4n) is 1.86. The first-order valence-electron chi connectivity index (χ1n) is 6.53. The van der Waals surface area contributed by atoms with Gasteiger partial charge < -0.3 is 15.8 Å². The number of amides is 1. The molecule has 4 nitrogen and oxygen atoms in total. The second kappa shape index (κ2) is 6.73. The third-order valence-electron chi connectivity index (χ3n) is 2.95. The Labute approximate surface area is 133 Å². The maximum Gasteiger partial charge on any atom is 0.573 e. The fourth-order valence-corrected chi connectivity index (χ4v) is 1.86. The number of nitrogen functional groups attached to an aromatic ring is 1. The van der Waals surface area contributed by atoms with Gasteiger partial charge in [-0.05, 0) is 23.8 Å². The zero-order valence-electron chi connectivity index (χ0n) is 12.0. The van der Waals surface area contributed by atoms with Crippen molar-refractivity contribution in [3.8, 4) is 5.75 Å². The summed E-state index contributed by atoms with van der Waals surface area (Å²) in [5, 5.41) is 2.36. The highest BCUT2D eigenvalue weighted by molar-refractivity contribution is 5.99. The topological polar surface area (TPSA) is 64.4 Å². The van der Waals surface area contributed by atoms with E-state index >= 15 is 0 Å². The van der Waals surface area contributed by atoms with Crippen LogP contribution in [0, 0.1) is 11.6 Å². The van der Waals surface area contributed by atoms with E-state index in [-0.39, 0.29) is 12.1 Å². The SMILES string of the molecule is Nc1c(F)cc(F)cc1C(=O)NCc1ccc(OC(F)(F)F)cc1. The lowest BCUT2D eigenvalue weighted by molar-refractivity contribution is -0.274. The molecule has 0 saturated carbocycles. The number of hydrogen-bond donors (Lipinski definition) is 2. The Bertz CT molecular complexity index is 745. The van der Waals surface area contributed by atoms with Crippen molar-refractivity contribution >= 4 is 11.6 Å². The van der Waals surface area contributed by atoms with Crippen molar-refractivity contribution in [1.29, 1.82) is 0 Å².